The van der Waals surface area contributed by atoms with Crippen molar-refractivity contribution in [2.75, 3.05) is 6.61 Å². The first kappa shape index (κ1) is 14.2. The summed E-state index contributed by atoms with van der Waals surface area (Å²) in [6.07, 6.45) is 2.00. The second-order valence-corrected chi connectivity index (χ2v) is 5.57. The molecule has 1 aromatic rings. The summed E-state index contributed by atoms with van der Waals surface area (Å²) in [4.78, 5) is 0. The van der Waals surface area contributed by atoms with E-state index in [1.165, 1.54) is 0 Å². The number of ether oxygens (including phenoxy) is 1. The number of aromatic nitrogens is 2. The summed E-state index contributed by atoms with van der Waals surface area (Å²) in [5.41, 5.74) is 1.00. The van der Waals surface area contributed by atoms with E-state index in [-0.39, 0.29) is 5.60 Å². The van der Waals surface area contributed by atoms with E-state index < -0.39 is 0 Å². The highest BCUT2D eigenvalue weighted by molar-refractivity contribution is 4.98. The maximum absolute atomic E-state index is 5.66. The number of hydrogen-bond donors (Lipinski definition) is 1. The molecule has 1 N–H and O–H groups in total. The first-order chi connectivity index (χ1) is 7.87. The van der Waals surface area contributed by atoms with Crippen molar-refractivity contribution in [1.82, 2.24) is 15.1 Å². The Bertz CT molecular complexity index is 326. The van der Waals surface area contributed by atoms with E-state index in [1.54, 1.807) is 0 Å². The van der Waals surface area contributed by atoms with Gasteiger partial charge < -0.3 is 10.1 Å². The van der Waals surface area contributed by atoms with E-state index in [2.05, 4.69) is 45.0 Å². The summed E-state index contributed by atoms with van der Waals surface area (Å²) < 4.78 is 7.60. The molecule has 0 aliphatic heterocycles. The van der Waals surface area contributed by atoms with Crippen LogP contribution in [0.2, 0.25) is 0 Å². The fourth-order valence-corrected chi connectivity index (χ4v) is 1.38. The quantitative estimate of drug-likeness (QED) is 0.827. The molecule has 0 unspecified atom stereocenters. The Morgan fingerprint density at radius 3 is 2.71 bits per heavy atom. The zero-order chi connectivity index (χ0) is 12.9. The summed E-state index contributed by atoms with van der Waals surface area (Å²) in [7, 11) is 0. The molecular formula is C13H25N3O. The van der Waals surface area contributed by atoms with Crippen LogP contribution in [0.3, 0.4) is 0 Å². The monoisotopic (exact) mass is 239 g/mol. The fraction of sp³-hybridized carbons (Fsp3) is 0.769. The highest BCUT2D eigenvalue weighted by Gasteiger charge is 2.09. The van der Waals surface area contributed by atoms with Gasteiger partial charge in [0.2, 0.25) is 0 Å². The van der Waals surface area contributed by atoms with Crippen LogP contribution in [-0.4, -0.2) is 28.0 Å². The van der Waals surface area contributed by atoms with Gasteiger partial charge in [-0.05, 0) is 26.8 Å². The lowest BCUT2D eigenvalue weighted by molar-refractivity contribution is -0.00792. The highest BCUT2D eigenvalue weighted by atomic mass is 16.5. The summed E-state index contributed by atoms with van der Waals surface area (Å²) in [6.45, 7) is 12.8. The van der Waals surface area contributed by atoms with Crippen LogP contribution in [0.5, 0.6) is 0 Å². The minimum Gasteiger partial charge on any atom is -0.374 e. The number of nitrogens with zero attached hydrogens (tertiary/aromatic N) is 2. The summed E-state index contributed by atoms with van der Waals surface area (Å²) >= 11 is 0. The largest absolute Gasteiger partial charge is 0.374 e. The van der Waals surface area contributed by atoms with Gasteiger partial charge >= 0.3 is 0 Å². The zero-order valence-electron chi connectivity index (χ0n) is 11.7. The van der Waals surface area contributed by atoms with Crippen LogP contribution >= 0.6 is 0 Å². The second kappa shape index (κ2) is 6.17. The standard InChI is InChI=1S/C13H25N3O/c1-11(2)14-10-12-6-7-16(15-12)8-9-17-13(3,4)5/h6-7,11,14H,8-10H2,1-5H3. The van der Waals surface area contributed by atoms with Crippen LogP contribution in [0, 0.1) is 0 Å². The predicted molar refractivity (Wildman–Crippen MR) is 69.9 cm³/mol. The molecule has 0 aliphatic carbocycles. The van der Waals surface area contributed by atoms with Crippen molar-refractivity contribution in [1.29, 1.82) is 0 Å². The van der Waals surface area contributed by atoms with Gasteiger partial charge in [0.05, 0.1) is 24.4 Å². The molecule has 1 rings (SSSR count). The van der Waals surface area contributed by atoms with Crippen molar-refractivity contribution >= 4 is 0 Å². The lowest BCUT2D eigenvalue weighted by Crippen LogP contribution is -2.23. The Kier molecular flexibility index (Phi) is 5.15. The zero-order valence-corrected chi connectivity index (χ0v) is 11.7. The van der Waals surface area contributed by atoms with E-state index in [0.717, 1.165) is 18.8 Å². The highest BCUT2D eigenvalue weighted by Crippen LogP contribution is 2.06. The topological polar surface area (TPSA) is 39.1 Å². The SMILES string of the molecule is CC(C)NCc1ccn(CCOC(C)(C)C)n1. The smallest absolute Gasteiger partial charge is 0.0762 e. The Labute approximate surface area is 104 Å². The Balaban J connectivity index is 2.31. The van der Waals surface area contributed by atoms with E-state index in [0.29, 0.717) is 12.6 Å². The van der Waals surface area contributed by atoms with E-state index in [4.69, 9.17) is 4.74 Å². The lowest BCUT2D eigenvalue weighted by Gasteiger charge is -2.19. The van der Waals surface area contributed by atoms with Gasteiger partial charge in [0.1, 0.15) is 0 Å². The minimum atomic E-state index is -0.0742. The number of nitrogens with one attached hydrogen (secondary N) is 1. The van der Waals surface area contributed by atoms with Crippen LogP contribution < -0.4 is 5.32 Å². The number of hydrogen-bond acceptors (Lipinski definition) is 3. The third-order valence-corrected chi connectivity index (χ3v) is 2.24. The molecule has 1 heterocycles. The van der Waals surface area contributed by atoms with Crippen LogP contribution in [0.15, 0.2) is 12.3 Å². The van der Waals surface area contributed by atoms with Crippen LogP contribution in [0.25, 0.3) is 0 Å². The van der Waals surface area contributed by atoms with Gasteiger partial charge in [-0.2, -0.15) is 5.10 Å². The maximum atomic E-state index is 5.66. The van der Waals surface area contributed by atoms with Gasteiger partial charge in [-0.1, -0.05) is 13.8 Å². The number of rotatable bonds is 6. The average molecular weight is 239 g/mol. The van der Waals surface area contributed by atoms with Gasteiger partial charge in [-0.25, -0.2) is 0 Å². The Morgan fingerprint density at radius 2 is 2.12 bits per heavy atom. The van der Waals surface area contributed by atoms with Gasteiger partial charge in [-0.3, -0.25) is 4.68 Å². The molecule has 0 radical (unpaired) electrons. The first-order valence-corrected chi connectivity index (χ1v) is 6.26. The molecule has 0 spiro atoms. The second-order valence-electron chi connectivity index (χ2n) is 5.57. The van der Waals surface area contributed by atoms with Crippen molar-refractivity contribution < 1.29 is 4.74 Å². The van der Waals surface area contributed by atoms with Crippen LogP contribution in [0.1, 0.15) is 40.3 Å². The summed E-state index contributed by atoms with van der Waals surface area (Å²) in [5.74, 6) is 0. The molecule has 0 saturated heterocycles. The molecule has 17 heavy (non-hydrogen) atoms. The van der Waals surface area contributed by atoms with Gasteiger partial charge in [0.25, 0.3) is 0 Å². The Morgan fingerprint density at radius 1 is 1.41 bits per heavy atom. The Hall–Kier alpha value is -0.870. The molecule has 98 valence electrons. The molecule has 0 fully saturated rings. The van der Waals surface area contributed by atoms with Gasteiger partial charge in [-0.15, -0.1) is 0 Å². The normalized spacial score (nSPS) is 12.4. The molecule has 4 heteroatoms. The average Bonchev–Trinajstić information content (AvgIpc) is 2.61. The molecule has 0 atom stereocenters. The third-order valence-electron chi connectivity index (χ3n) is 2.24. The molecule has 0 amide bonds. The molecule has 1 aromatic heterocycles. The van der Waals surface area contributed by atoms with Gasteiger partial charge in [0, 0.05) is 18.8 Å². The molecular weight excluding hydrogens is 214 g/mol. The first-order valence-electron chi connectivity index (χ1n) is 6.26. The molecule has 0 aliphatic rings. The predicted octanol–water partition coefficient (Wildman–Crippen LogP) is 2.20. The molecule has 4 nitrogen and oxygen atoms in total. The minimum absolute atomic E-state index is 0.0742. The van der Waals surface area contributed by atoms with Crippen LogP contribution in [-0.2, 0) is 17.8 Å². The molecule has 0 saturated carbocycles. The van der Waals surface area contributed by atoms with E-state index in [1.807, 2.05) is 16.9 Å². The molecule has 0 bridgehead atoms. The van der Waals surface area contributed by atoms with Crippen molar-refractivity contribution in [3.8, 4) is 0 Å². The lowest BCUT2D eigenvalue weighted by atomic mass is 10.2. The maximum Gasteiger partial charge on any atom is 0.0762 e. The third kappa shape index (κ3) is 6.44. The molecule has 0 aromatic carbocycles. The van der Waals surface area contributed by atoms with Crippen molar-refractivity contribution in [3.05, 3.63) is 18.0 Å². The van der Waals surface area contributed by atoms with E-state index in [9.17, 15) is 0 Å². The van der Waals surface area contributed by atoms with Crippen molar-refractivity contribution in [2.24, 2.45) is 0 Å². The summed E-state index contributed by atoms with van der Waals surface area (Å²) in [6, 6.07) is 2.54. The van der Waals surface area contributed by atoms with Gasteiger partial charge in [0.15, 0.2) is 0 Å². The van der Waals surface area contributed by atoms with Crippen molar-refractivity contribution in [3.63, 3.8) is 0 Å². The van der Waals surface area contributed by atoms with Crippen molar-refractivity contribution in [2.45, 2.75) is 59.4 Å². The fourth-order valence-electron chi connectivity index (χ4n) is 1.38. The summed E-state index contributed by atoms with van der Waals surface area (Å²) in [5, 5.41) is 7.82. The van der Waals surface area contributed by atoms with E-state index >= 15 is 0 Å². The van der Waals surface area contributed by atoms with Crippen LogP contribution in [0.4, 0.5) is 0 Å².